The van der Waals surface area contributed by atoms with Crippen LogP contribution in [0.1, 0.15) is 5.56 Å². The van der Waals surface area contributed by atoms with Gasteiger partial charge in [0, 0.05) is 10.2 Å². The number of anilines is 2. The largest absolute Gasteiger partial charge is 0.482 e. The highest BCUT2D eigenvalue weighted by Gasteiger charge is 2.25. The van der Waals surface area contributed by atoms with Crippen molar-refractivity contribution in [3.8, 4) is 5.75 Å². The van der Waals surface area contributed by atoms with Gasteiger partial charge < -0.3 is 15.4 Å². The number of carbonyl (C=O) groups is 1. The van der Waals surface area contributed by atoms with Gasteiger partial charge in [-0.05, 0) is 45.8 Å². The molecule has 0 aromatic heterocycles. The number of hydrogen-bond acceptors (Lipinski definition) is 3. The van der Waals surface area contributed by atoms with E-state index in [1.165, 1.54) is 0 Å². The molecule has 0 atom stereocenters. The number of rotatable bonds is 2. The highest BCUT2D eigenvalue weighted by molar-refractivity contribution is 9.10. The molecule has 5 heteroatoms. The van der Waals surface area contributed by atoms with Crippen molar-refractivity contribution in [3.63, 3.8) is 0 Å². The first-order chi connectivity index (χ1) is 9.65. The Labute approximate surface area is 125 Å². The second-order valence-corrected chi connectivity index (χ2v) is 5.45. The van der Waals surface area contributed by atoms with Crippen LogP contribution in [0.15, 0.2) is 46.9 Å². The highest BCUT2D eigenvalue weighted by atomic mass is 79.9. The second-order valence-electron chi connectivity index (χ2n) is 4.59. The Hall–Kier alpha value is -2.01. The van der Waals surface area contributed by atoms with Gasteiger partial charge in [-0.1, -0.05) is 18.2 Å². The van der Waals surface area contributed by atoms with Crippen molar-refractivity contribution < 1.29 is 9.53 Å². The van der Waals surface area contributed by atoms with Crippen LogP contribution in [0, 0.1) is 0 Å². The second kappa shape index (κ2) is 5.17. The van der Waals surface area contributed by atoms with Crippen LogP contribution in [0.4, 0.5) is 11.4 Å². The van der Waals surface area contributed by atoms with Crippen molar-refractivity contribution in [3.05, 3.63) is 52.5 Å². The molecule has 1 aliphatic heterocycles. The predicted octanol–water partition coefficient (Wildman–Crippen LogP) is 2.96. The normalized spacial score (nSPS) is 13.8. The molecule has 2 aromatic carbocycles. The van der Waals surface area contributed by atoms with E-state index < -0.39 is 0 Å². The standard InChI is InChI=1S/C15H13BrN2O2/c16-11-6-5-10(7-12(11)17)8-18-13-3-1-2-4-14(13)20-9-15(18)19/h1-7H,8-9,17H2. The average Bonchev–Trinajstić information content (AvgIpc) is 2.46. The fraction of sp³-hybridized carbons (Fsp3) is 0.133. The van der Waals surface area contributed by atoms with Crippen LogP contribution in [0.3, 0.4) is 0 Å². The summed E-state index contributed by atoms with van der Waals surface area (Å²) in [5.41, 5.74) is 8.32. The van der Waals surface area contributed by atoms with Gasteiger partial charge in [0.25, 0.3) is 5.91 Å². The zero-order valence-electron chi connectivity index (χ0n) is 10.7. The van der Waals surface area contributed by atoms with E-state index in [1.54, 1.807) is 4.90 Å². The summed E-state index contributed by atoms with van der Waals surface area (Å²) in [4.78, 5) is 13.8. The summed E-state index contributed by atoms with van der Waals surface area (Å²) in [6.07, 6.45) is 0. The molecule has 1 amide bonds. The maximum Gasteiger partial charge on any atom is 0.265 e. The molecule has 0 saturated carbocycles. The number of nitrogens with two attached hydrogens (primary N) is 1. The van der Waals surface area contributed by atoms with Crippen LogP contribution in [-0.2, 0) is 11.3 Å². The molecule has 0 fully saturated rings. The molecular formula is C15H13BrN2O2. The van der Waals surface area contributed by atoms with Gasteiger partial charge in [0.1, 0.15) is 5.75 Å². The lowest BCUT2D eigenvalue weighted by Gasteiger charge is -2.29. The lowest BCUT2D eigenvalue weighted by atomic mass is 10.1. The summed E-state index contributed by atoms with van der Waals surface area (Å²) < 4.78 is 6.28. The van der Waals surface area contributed by atoms with Crippen LogP contribution in [-0.4, -0.2) is 12.5 Å². The Balaban J connectivity index is 1.93. The Morgan fingerprint density at radius 2 is 2.05 bits per heavy atom. The average molecular weight is 333 g/mol. The van der Waals surface area contributed by atoms with Gasteiger partial charge in [-0.2, -0.15) is 0 Å². The SMILES string of the molecule is Nc1cc(CN2C(=O)COc3ccccc32)ccc1Br. The summed E-state index contributed by atoms with van der Waals surface area (Å²) in [7, 11) is 0. The van der Waals surface area contributed by atoms with Crippen molar-refractivity contribution >= 4 is 33.2 Å². The number of nitrogens with zero attached hydrogens (tertiary/aromatic N) is 1. The van der Waals surface area contributed by atoms with Gasteiger partial charge in [0.2, 0.25) is 0 Å². The fourth-order valence-corrected chi connectivity index (χ4v) is 2.45. The molecule has 0 aliphatic carbocycles. The monoisotopic (exact) mass is 332 g/mol. The van der Waals surface area contributed by atoms with Crippen molar-refractivity contribution in [1.29, 1.82) is 0 Å². The van der Waals surface area contributed by atoms with Gasteiger partial charge in [0.15, 0.2) is 6.61 Å². The summed E-state index contributed by atoms with van der Waals surface area (Å²) in [6, 6.07) is 13.2. The molecule has 1 heterocycles. The molecular weight excluding hydrogens is 320 g/mol. The lowest BCUT2D eigenvalue weighted by molar-refractivity contribution is -0.121. The molecule has 2 aromatic rings. The van der Waals surface area contributed by atoms with Crippen LogP contribution in [0.2, 0.25) is 0 Å². The maximum absolute atomic E-state index is 12.1. The van der Waals surface area contributed by atoms with Gasteiger partial charge >= 0.3 is 0 Å². The number of carbonyl (C=O) groups excluding carboxylic acids is 1. The van der Waals surface area contributed by atoms with E-state index in [2.05, 4.69) is 15.9 Å². The maximum atomic E-state index is 12.1. The molecule has 0 spiro atoms. The van der Waals surface area contributed by atoms with E-state index in [0.717, 1.165) is 21.5 Å². The summed E-state index contributed by atoms with van der Waals surface area (Å²) in [5, 5.41) is 0. The van der Waals surface area contributed by atoms with Crippen LogP contribution in [0.5, 0.6) is 5.75 Å². The number of ether oxygens (including phenoxy) is 1. The minimum absolute atomic E-state index is 0.0507. The molecule has 1 aliphatic rings. The molecule has 2 N–H and O–H groups in total. The molecule has 102 valence electrons. The van der Waals surface area contributed by atoms with Crippen LogP contribution < -0.4 is 15.4 Å². The highest BCUT2D eigenvalue weighted by Crippen LogP contribution is 2.33. The first kappa shape index (κ1) is 13.0. The molecule has 0 saturated heterocycles. The summed E-state index contributed by atoms with van der Waals surface area (Å²) in [5.74, 6) is 0.683. The minimum Gasteiger partial charge on any atom is -0.482 e. The van der Waals surface area contributed by atoms with E-state index in [-0.39, 0.29) is 12.5 Å². The van der Waals surface area contributed by atoms with E-state index in [0.29, 0.717) is 12.2 Å². The Morgan fingerprint density at radius 3 is 2.85 bits per heavy atom. The van der Waals surface area contributed by atoms with Crippen molar-refractivity contribution in [2.45, 2.75) is 6.54 Å². The molecule has 4 nitrogen and oxygen atoms in total. The molecule has 0 unspecified atom stereocenters. The number of halogens is 1. The number of benzene rings is 2. The number of fused-ring (bicyclic) bond motifs is 1. The Morgan fingerprint density at radius 1 is 1.25 bits per heavy atom. The Bertz CT molecular complexity index is 673. The number of para-hydroxylation sites is 2. The predicted molar refractivity (Wildman–Crippen MR) is 81.7 cm³/mol. The van der Waals surface area contributed by atoms with Crippen molar-refractivity contribution in [2.75, 3.05) is 17.2 Å². The first-order valence-electron chi connectivity index (χ1n) is 6.21. The fourth-order valence-electron chi connectivity index (χ4n) is 2.20. The zero-order chi connectivity index (χ0) is 14.1. The number of amides is 1. The number of nitrogen functional groups attached to an aromatic ring is 1. The third-order valence-electron chi connectivity index (χ3n) is 3.21. The quantitative estimate of drug-likeness (QED) is 0.860. The minimum atomic E-state index is -0.0507. The molecule has 3 rings (SSSR count). The van der Waals surface area contributed by atoms with E-state index in [4.69, 9.17) is 10.5 Å². The zero-order valence-corrected chi connectivity index (χ0v) is 12.3. The Kier molecular flexibility index (Phi) is 3.36. The van der Waals surface area contributed by atoms with Gasteiger partial charge in [-0.15, -0.1) is 0 Å². The third kappa shape index (κ3) is 2.36. The van der Waals surface area contributed by atoms with Crippen LogP contribution >= 0.6 is 15.9 Å². The number of hydrogen-bond donors (Lipinski definition) is 1. The lowest BCUT2D eigenvalue weighted by Crippen LogP contribution is -2.38. The van der Waals surface area contributed by atoms with Crippen molar-refractivity contribution in [1.82, 2.24) is 0 Å². The van der Waals surface area contributed by atoms with Gasteiger partial charge in [0.05, 0.1) is 12.2 Å². The summed E-state index contributed by atoms with van der Waals surface area (Å²) in [6.45, 7) is 0.555. The molecule has 0 radical (unpaired) electrons. The van der Waals surface area contributed by atoms with E-state index >= 15 is 0 Å². The summed E-state index contributed by atoms with van der Waals surface area (Å²) >= 11 is 3.37. The van der Waals surface area contributed by atoms with E-state index in [9.17, 15) is 4.79 Å². The van der Waals surface area contributed by atoms with Gasteiger partial charge in [-0.3, -0.25) is 4.79 Å². The first-order valence-corrected chi connectivity index (χ1v) is 7.00. The topological polar surface area (TPSA) is 55.6 Å². The van der Waals surface area contributed by atoms with Gasteiger partial charge in [-0.25, -0.2) is 0 Å². The molecule has 20 heavy (non-hydrogen) atoms. The van der Waals surface area contributed by atoms with Crippen molar-refractivity contribution in [2.24, 2.45) is 0 Å². The van der Waals surface area contributed by atoms with Crippen LogP contribution in [0.25, 0.3) is 0 Å². The molecule has 0 bridgehead atoms. The smallest absolute Gasteiger partial charge is 0.265 e. The third-order valence-corrected chi connectivity index (χ3v) is 3.93. The van der Waals surface area contributed by atoms with E-state index in [1.807, 2.05) is 42.5 Å².